The summed E-state index contributed by atoms with van der Waals surface area (Å²) >= 11 is 0. The summed E-state index contributed by atoms with van der Waals surface area (Å²) in [6.45, 7) is 3.73. The molecular formula is C24H25FN8. The summed E-state index contributed by atoms with van der Waals surface area (Å²) in [5, 5.41) is 16.0. The van der Waals surface area contributed by atoms with E-state index in [-0.39, 0.29) is 0 Å². The van der Waals surface area contributed by atoms with Gasteiger partial charge in [0.05, 0.1) is 22.9 Å². The normalized spacial score (nSPS) is 16.7. The van der Waals surface area contributed by atoms with E-state index in [1.807, 2.05) is 12.1 Å². The Hall–Kier alpha value is -3.67. The molecule has 9 heteroatoms. The van der Waals surface area contributed by atoms with Crippen LogP contribution in [-0.2, 0) is 11.1 Å². The molecule has 2 N–H and O–H groups in total. The number of nitriles is 1. The third-order valence-electron chi connectivity index (χ3n) is 5.94. The molecule has 3 aromatic heterocycles. The van der Waals surface area contributed by atoms with Gasteiger partial charge in [-0.3, -0.25) is 4.98 Å². The Bertz CT molecular complexity index is 1220. The maximum absolute atomic E-state index is 14.5. The Morgan fingerprint density at radius 3 is 2.61 bits per heavy atom. The molecule has 5 rings (SSSR count). The van der Waals surface area contributed by atoms with Gasteiger partial charge in [-0.2, -0.15) is 20.2 Å². The summed E-state index contributed by atoms with van der Waals surface area (Å²) in [7, 11) is 0. The first kappa shape index (κ1) is 21.2. The average Bonchev–Trinajstić information content (AvgIpc) is 3.73. The summed E-state index contributed by atoms with van der Waals surface area (Å²) in [5.41, 5.74) is 0.198. The van der Waals surface area contributed by atoms with Gasteiger partial charge in [-0.1, -0.05) is 6.07 Å². The van der Waals surface area contributed by atoms with Crippen LogP contribution in [0, 0.1) is 17.2 Å². The van der Waals surface area contributed by atoms with Crippen molar-refractivity contribution in [3.8, 4) is 17.6 Å². The van der Waals surface area contributed by atoms with Crippen LogP contribution in [0.15, 0.2) is 36.5 Å². The van der Waals surface area contributed by atoms with Crippen LogP contribution >= 0.6 is 0 Å². The van der Waals surface area contributed by atoms with E-state index in [0.717, 1.165) is 30.8 Å². The van der Waals surface area contributed by atoms with Crippen LogP contribution in [-0.4, -0.2) is 31.5 Å². The largest absolute Gasteiger partial charge is 0.354 e. The quantitative estimate of drug-likeness (QED) is 0.516. The number of nitrogens with zero attached hydrogens (tertiary/aromatic N) is 6. The number of anilines is 3. The van der Waals surface area contributed by atoms with Gasteiger partial charge < -0.3 is 10.6 Å². The number of hydrogen-bond donors (Lipinski definition) is 2. The Labute approximate surface area is 191 Å². The highest BCUT2D eigenvalue weighted by Crippen LogP contribution is 2.47. The van der Waals surface area contributed by atoms with Crippen LogP contribution < -0.4 is 10.6 Å². The van der Waals surface area contributed by atoms with E-state index >= 15 is 0 Å². The molecular weight excluding hydrogens is 419 g/mol. The molecule has 0 bridgehead atoms. The lowest BCUT2D eigenvalue weighted by atomic mass is 10.0. The van der Waals surface area contributed by atoms with Crippen molar-refractivity contribution >= 4 is 17.6 Å². The highest BCUT2D eigenvalue weighted by molar-refractivity contribution is 5.60. The lowest BCUT2D eigenvalue weighted by molar-refractivity contribution is 0.214. The van der Waals surface area contributed by atoms with Crippen molar-refractivity contribution in [2.24, 2.45) is 5.92 Å². The standard InChI is InChI=1S/C24H25FN8/c1-23(2,25)18-5-3-4-17(30-18)20-31-21(28-13-15-6-7-15)33-22(32-20)29-16-8-11-27-19(12-16)24(14-26)9-10-24/h3-5,8,11-12,15H,6-7,9-10,13H2,1-2H3,(H2,27,28,29,31,32,33). The maximum Gasteiger partial charge on any atom is 0.232 e. The fourth-order valence-corrected chi connectivity index (χ4v) is 3.52. The van der Waals surface area contributed by atoms with Gasteiger partial charge in [0.25, 0.3) is 0 Å². The average molecular weight is 445 g/mol. The number of alkyl halides is 1. The topological polar surface area (TPSA) is 112 Å². The van der Waals surface area contributed by atoms with E-state index in [1.54, 1.807) is 24.4 Å². The zero-order valence-corrected chi connectivity index (χ0v) is 18.6. The van der Waals surface area contributed by atoms with Crippen molar-refractivity contribution in [3.05, 3.63) is 47.9 Å². The first-order chi connectivity index (χ1) is 15.8. The molecule has 0 saturated heterocycles. The minimum absolute atomic E-state index is 0.312. The van der Waals surface area contributed by atoms with Gasteiger partial charge in [0.15, 0.2) is 5.82 Å². The van der Waals surface area contributed by atoms with Crippen molar-refractivity contribution < 1.29 is 4.39 Å². The van der Waals surface area contributed by atoms with Crippen molar-refractivity contribution in [2.75, 3.05) is 17.2 Å². The molecule has 168 valence electrons. The molecule has 0 aliphatic heterocycles. The molecule has 3 heterocycles. The van der Waals surface area contributed by atoms with E-state index in [0.29, 0.717) is 35.0 Å². The lowest BCUT2D eigenvalue weighted by Gasteiger charge is -2.15. The van der Waals surface area contributed by atoms with Gasteiger partial charge in [-0.05, 0) is 69.7 Å². The minimum Gasteiger partial charge on any atom is -0.354 e. The van der Waals surface area contributed by atoms with Crippen molar-refractivity contribution in [1.29, 1.82) is 5.26 Å². The summed E-state index contributed by atoms with van der Waals surface area (Å²) in [6.07, 6.45) is 5.71. The zero-order valence-electron chi connectivity index (χ0n) is 18.6. The second-order valence-electron chi connectivity index (χ2n) is 9.26. The number of pyridine rings is 2. The molecule has 2 fully saturated rings. The predicted molar refractivity (Wildman–Crippen MR) is 122 cm³/mol. The van der Waals surface area contributed by atoms with Gasteiger partial charge in [0.1, 0.15) is 11.4 Å². The van der Waals surface area contributed by atoms with Gasteiger partial charge in [0, 0.05) is 18.4 Å². The van der Waals surface area contributed by atoms with E-state index in [1.165, 1.54) is 26.7 Å². The van der Waals surface area contributed by atoms with Crippen LogP contribution in [0.25, 0.3) is 11.5 Å². The van der Waals surface area contributed by atoms with Crippen molar-refractivity contribution in [3.63, 3.8) is 0 Å². The molecule has 2 aliphatic carbocycles. The van der Waals surface area contributed by atoms with Gasteiger partial charge in [-0.15, -0.1) is 0 Å². The molecule has 3 aromatic rings. The van der Waals surface area contributed by atoms with Crippen LogP contribution in [0.2, 0.25) is 0 Å². The first-order valence-electron chi connectivity index (χ1n) is 11.2. The van der Waals surface area contributed by atoms with Crippen LogP contribution in [0.4, 0.5) is 22.0 Å². The third-order valence-corrected chi connectivity index (χ3v) is 5.94. The summed E-state index contributed by atoms with van der Waals surface area (Å²) in [4.78, 5) is 22.4. The third kappa shape index (κ3) is 4.75. The van der Waals surface area contributed by atoms with E-state index in [2.05, 4.69) is 41.6 Å². The Morgan fingerprint density at radius 2 is 1.91 bits per heavy atom. The zero-order chi connectivity index (χ0) is 23.1. The van der Waals surface area contributed by atoms with Gasteiger partial charge in [-0.25, -0.2) is 9.37 Å². The fourth-order valence-electron chi connectivity index (χ4n) is 3.52. The Kier molecular flexibility index (Phi) is 5.16. The molecule has 0 aromatic carbocycles. The molecule has 0 amide bonds. The van der Waals surface area contributed by atoms with E-state index in [4.69, 9.17) is 0 Å². The summed E-state index contributed by atoms with van der Waals surface area (Å²) in [6, 6.07) is 11.2. The number of rotatable bonds is 8. The maximum atomic E-state index is 14.5. The van der Waals surface area contributed by atoms with E-state index in [9.17, 15) is 9.65 Å². The van der Waals surface area contributed by atoms with Gasteiger partial charge >= 0.3 is 0 Å². The van der Waals surface area contributed by atoms with Gasteiger partial charge in [0.2, 0.25) is 11.9 Å². The lowest BCUT2D eigenvalue weighted by Crippen LogP contribution is -2.13. The predicted octanol–water partition coefficient (Wildman–Crippen LogP) is 4.65. The molecule has 0 radical (unpaired) electrons. The molecule has 2 saturated carbocycles. The smallest absolute Gasteiger partial charge is 0.232 e. The van der Waals surface area contributed by atoms with Crippen LogP contribution in [0.1, 0.15) is 50.9 Å². The first-order valence-corrected chi connectivity index (χ1v) is 11.2. The Morgan fingerprint density at radius 1 is 1.12 bits per heavy atom. The van der Waals surface area contributed by atoms with Crippen molar-refractivity contribution in [2.45, 2.75) is 50.6 Å². The Balaban J connectivity index is 1.48. The molecule has 0 spiro atoms. The summed E-state index contributed by atoms with van der Waals surface area (Å²) < 4.78 is 14.5. The second-order valence-corrected chi connectivity index (χ2v) is 9.26. The number of nitrogens with one attached hydrogen (secondary N) is 2. The van der Waals surface area contributed by atoms with E-state index < -0.39 is 11.1 Å². The number of halogens is 1. The molecule has 2 aliphatic rings. The molecule has 33 heavy (non-hydrogen) atoms. The fraction of sp³-hybridized carbons (Fsp3) is 0.417. The van der Waals surface area contributed by atoms with Crippen LogP contribution in [0.3, 0.4) is 0 Å². The minimum atomic E-state index is -1.58. The number of hydrogen-bond acceptors (Lipinski definition) is 8. The van der Waals surface area contributed by atoms with Crippen molar-refractivity contribution in [1.82, 2.24) is 24.9 Å². The molecule has 0 atom stereocenters. The SMILES string of the molecule is CC(C)(F)c1cccc(-c2nc(NCC3CC3)nc(Nc3ccnc(C4(C#N)CC4)c3)n2)n1. The molecule has 0 unspecified atom stereocenters. The van der Waals surface area contributed by atoms with Crippen LogP contribution in [0.5, 0.6) is 0 Å². The highest BCUT2D eigenvalue weighted by Gasteiger charge is 2.46. The summed E-state index contributed by atoms with van der Waals surface area (Å²) in [5.74, 6) is 1.76. The second kappa shape index (κ2) is 8.03. The highest BCUT2D eigenvalue weighted by atomic mass is 19.1. The monoisotopic (exact) mass is 444 g/mol. The molecule has 8 nitrogen and oxygen atoms in total. The number of aromatic nitrogens is 5.